The summed E-state index contributed by atoms with van der Waals surface area (Å²) in [7, 11) is 0. The van der Waals surface area contributed by atoms with Crippen LogP contribution in [0.15, 0.2) is 97.2 Å². The maximum Gasteiger partial charge on any atom is 0.306 e. The van der Waals surface area contributed by atoms with E-state index in [0.29, 0.717) is 19.3 Å². The predicted octanol–water partition coefficient (Wildman–Crippen LogP) is 17.4. The lowest BCUT2D eigenvalue weighted by Gasteiger charge is -2.18. The first-order valence-corrected chi connectivity index (χ1v) is 26.2. The van der Waals surface area contributed by atoms with Gasteiger partial charge in [-0.05, 0) is 96.3 Å². The molecule has 0 saturated carbocycles. The Bertz CT molecular complexity index is 1300. The molecule has 0 N–H and O–H groups in total. The Kier molecular flexibility index (Phi) is 49.0. The number of rotatable bonds is 46. The number of carbonyl (C=O) groups excluding carboxylic acids is 3. The van der Waals surface area contributed by atoms with Gasteiger partial charge in [-0.25, -0.2) is 0 Å². The highest BCUT2D eigenvalue weighted by Crippen LogP contribution is 2.13. The van der Waals surface area contributed by atoms with Crippen LogP contribution in [0.5, 0.6) is 0 Å². The number of hydrogen-bond donors (Lipinski definition) is 0. The normalized spacial score (nSPS) is 12.9. The van der Waals surface area contributed by atoms with E-state index in [1.54, 1.807) is 0 Å². The topological polar surface area (TPSA) is 78.9 Å². The monoisotopic (exact) mass is 889 g/mol. The molecule has 0 spiro atoms. The molecule has 64 heavy (non-hydrogen) atoms. The molecule has 0 fully saturated rings. The molecule has 0 bridgehead atoms. The van der Waals surface area contributed by atoms with E-state index < -0.39 is 6.10 Å². The zero-order chi connectivity index (χ0) is 46.5. The first kappa shape index (κ1) is 60.3. The molecule has 0 aromatic heterocycles. The van der Waals surface area contributed by atoms with Crippen molar-refractivity contribution < 1.29 is 28.6 Å². The molecule has 1 atom stereocenters. The Labute approximate surface area is 394 Å². The van der Waals surface area contributed by atoms with Gasteiger partial charge in [0.05, 0.1) is 0 Å². The fraction of sp³-hybridized carbons (Fsp3) is 0.672. The summed E-state index contributed by atoms with van der Waals surface area (Å²) in [6.07, 6.45) is 68.7. The molecule has 0 aromatic carbocycles. The van der Waals surface area contributed by atoms with E-state index in [4.69, 9.17) is 14.2 Å². The molecule has 0 amide bonds. The van der Waals surface area contributed by atoms with Crippen LogP contribution in [0, 0.1) is 0 Å². The third-order valence-corrected chi connectivity index (χ3v) is 10.8. The van der Waals surface area contributed by atoms with Crippen molar-refractivity contribution in [2.24, 2.45) is 0 Å². The van der Waals surface area contributed by atoms with Gasteiger partial charge in [-0.2, -0.15) is 0 Å². The summed E-state index contributed by atoms with van der Waals surface area (Å²) in [5, 5.41) is 0. The van der Waals surface area contributed by atoms with Crippen molar-refractivity contribution in [2.45, 2.75) is 239 Å². The highest BCUT2D eigenvalue weighted by atomic mass is 16.6. The SMILES string of the molecule is CC/C=C\C/C=C\C/C=C\C/C=C\C/C=C\C/C=C\C/C=C\CCCC(=O)OCC(COC(=O)CCCCCCC)OC(=O)CCCCCCCCC/C=C\CCCCCCCCC. The van der Waals surface area contributed by atoms with E-state index in [-0.39, 0.29) is 37.5 Å². The standard InChI is InChI=1S/C58H96O6/c1-4-7-10-13-15-17-19-21-23-25-27-28-29-30-31-33-34-36-38-40-42-45-48-51-57(60)63-54-55(53-62-56(59)50-47-44-12-9-6-3)64-58(61)52-49-46-43-41-39-37-35-32-26-24-22-20-18-16-14-11-8-5-2/h7,10,15,17,21,23-24,26-28,30-31,34,36,40,42,55H,4-6,8-9,11-14,16,18-20,22,25,29,32-33,35,37-39,41,43-54H2,1-3H3/b10-7-,17-15-,23-21-,26-24-,28-27-,31-30-,36-34-,42-40-. The van der Waals surface area contributed by atoms with Crippen molar-refractivity contribution in [3.8, 4) is 0 Å². The smallest absolute Gasteiger partial charge is 0.306 e. The van der Waals surface area contributed by atoms with Crippen LogP contribution in [-0.2, 0) is 28.6 Å². The second-order valence-corrected chi connectivity index (χ2v) is 17.1. The molecule has 1 unspecified atom stereocenters. The summed E-state index contributed by atoms with van der Waals surface area (Å²) < 4.78 is 16.6. The molecule has 0 heterocycles. The second-order valence-electron chi connectivity index (χ2n) is 17.1. The molecule has 0 aliphatic rings. The highest BCUT2D eigenvalue weighted by molar-refractivity contribution is 5.71. The molecule has 0 aliphatic carbocycles. The summed E-state index contributed by atoms with van der Waals surface area (Å²) in [6.45, 7) is 6.38. The minimum atomic E-state index is -0.800. The highest BCUT2D eigenvalue weighted by Gasteiger charge is 2.19. The van der Waals surface area contributed by atoms with Crippen LogP contribution in [0.1, 0.15) is 233 Å². The third-order valence-electron chi connectivity index (χ3n) is 10.8. The summed E-state index contributed by atoms with van der Waals surface area (Å²) in [4.78, 5) is 37.7. The van der Waals surface area contributed by atoms with Gasteiger partial charge in [-0.1, -0.05) is 214 Å². The number of unbranched alkanes of at least 4 members (excludes halogenated alkanes) is 19. The van der Waals surface area contributed by atoms with Gasteiger partial charge in [0.25, 0.3) is 0 Å². The number of esters is 3. The van der Waals surface area contributed by atoms with E-state index >= 15 is 0 Å². The number of allylic oxidation sites excluding steroid dienone is 16. The Morgan fingerprint density at radius 3 is 1.03 bits per heavy atom. The Hall–Kier alpha value is -3.67. The molecule has 0 aliphatic heterocycles. The van der Waals surface area contributed by atoms with Crippen LogP contribution < -0.4 is 0 Å². The first-order valence-electron chi connectivity index (χ1n) is 26.2. The quantitative estimate of drug-likeness (QED) is 0.0262. The van der Waals surface area contributed by atoms with Crippen molar-refractivity contribution >= 4 is 17.9 Å². The second kappa shape index (κ2) is 52.0. The Morgan fingerprint density at radius 1 is 0.328 bits per heavy atom. The summed E-state index contributed by atoms with van der Waals surface area (Å²) in [6, 6.07) is 0. The number of hydrogen-bond acceptors (Lipinski definition) is 6. The largest absolute Gasteiger partial charge is 0.462 e. The predicted molar refractivity (Wildman–Crippen MR) is 274 cm³/mol. The van der Waals surface area contributed by atoms with Gasteiger partial charge in [0.2, 0.25) is 0 Å². The zero-order valence-electron chi connectivity index (χ0n) is 41.5. The van der Waals surface area contributed by atoms with Crippen LogP contribution >= 0.6 is 0 Å². The van der Waals surface area contributed by atoms with E-state index in [1.807, 2.05) is 0 Å². The molecule has 6 heteroatoms. The van der Waals surface area contributed by atoms with Gasteiger partial charge in [0.15, 0.2) is 6.10 Å². The third kappa shape index (κ3) is 49.3. The van der Waals surface area contributed by atoms with Gasteiger partial charge < -0.3 is 14.2 Å². The van der Waals surface area contributed by atoms with Crippen LogP contribution in [-0.4, -0.2) is 37.2 Å². The van der Waals surface area contributed by atoms with Gasteiger partial charge in [0.1, 0.15) is 13.2 Å². The molecule has 6 nitrogen and oxygen atoms in total. The van der Waals surface area contributed by atoms with Crippen molar-refractivity contribution in [1.29, 1.82) is 0 Å². The summed E-state index contributed by atoms with van der Waals surface area (Å²) in [5.74, 6) is -0.982. The number of ether oxygens (including phenoxy) is 3. The maximum absolute atomic E-state index is 12.7. The van der Waals surface area contributed by atoms with E-state index in [0.717, 1.165) is 103 Å². The lowest BCUT2D eigenvalue weighted by molar-refractivity contribution is -0.167. The van der Waals surface area contributed by atoms with Crippen molar-refractivity contribution in [2.75, 3.05) is 13.2 Å². The minimum Gasteiger partial charge on any atom is -0.462 e. The van der Waals surface area contributed by atoms with Crippen molar-refractivity contribution in [3.63, 3.8) is 0 Å². The minimum absolute atomic E-state index is 0.0987. The number of carbonyl (C=O) groups is 3. The zero-order valence-corrected chi connectivity index (χ0v) is 41.5. The Morgan fingerprint density at radius 2 is 0.625 bits per heavy atom. The lowest BCUT2D eigenvalue weighted by atomic mass is 10.1. The first-order chi connectivity index (χ1) is 31.5. The van der Waals surface area contributed by atoms with E-state index in [2.05, 4.69) is 118 Å². The average molecular weight is 889 g/mol. The lowest BCUT2D eigenvalue weighted by Crippen LogP contribution is -2.30. The van der Waals surface area contributed by atoms with Crippen molar-refractivity contribution in [1.82, 2.24) is 0 Å². The van der Waals surface area contributed by atoms with E-state index in [9.17, 15) is 14.4 Å². The molecule has 0 aromatic rings. The van der Waals surface area contributed by atoms with Gasteiger partial charge in [-0.15, -0.1) is 0 Å². The molecular weight excluding hydrogens is 793 g/mol. The van der Waals surface area contributed by atoms with Gasteiger partial charge in [0, 0.05) is 19.3 Å². The maximum atomic E-state index is 12.7. The fourth-order valence-electron chi connectivity index (χ4n) is 6.90. The molecule has 0 radical (unpaired) electrons. The molecular formula is C58H96O6. The van der Waals surface area contributed by atoms with Gasteiger partial charge in [-0.3, -0.25) is 14.4 Å². The van der Waals surface area contributed by atoms with Gasteiger partial charge >= 0.3 is 17.9 Å². The van der Waals surface area contributed by atoms with Crippen LogP contribution in [0.3, 0.4) is 0 Å². The summed E-state index contributed by atoms with van der Waals surface area (Å²) >= 11 is 0. The Balaban J connectivity index is 4.28. The fourth-order valence-corrected chi connectivity index (χ4v) is 6.90. The van der Waals surface area contributed by atoms with E-state index in [1.165, 1.54) is 83.5 Å². The summed E-state index contributed by atoms with van der Waals surface area (Å²) in [5.41, 5.74) is 0. The average Bonchev–Trinajstić information content (AvgIpc) is 3.29. The van der Waals surface area contributed by atoms with Crippen LogP contribution in [0.2, 0.25) is 0 Å². The molecule has 364 valence electrons. The van der Waals surface area contributed by atoms with Crippen LogP contribution in [0.4, 0.5) is 0 Å². The van der Waals surface area contributed by atoms with Crippen LogP contribution in [0.25, 0.3) is 0 Å². The molecule has 0 rings (SSSR count). The van der Waals surface area contributed by atoms with Crippen molar-refractivity contribution in [3.05, 3.63) is 97.2 Å². The molecule has 0 saturated heterocycles.